The minimum Gasteiger partial charge on any atom is -0.481 e. The Morgan fingerprint density at radius 2 is 1.65 bits per heavy atom. The van der Waals surface area contributed by atoms with Gasteiger partial charge in [0.15, 0.2) is 9.84 Å². The molecule has 5 aromatic rings. The van der Waals surface area contributed by atoms with Crippen molar-refractivity contribution in [3.05, 3.63) is 108 Å². The summed E-state index contributed by atoms with van der Waals surface area (Å²) in [4.78, 5) is 9.55. The molecule has 188 valence electrons. The van der Waals surface area contributed by atoms with Crippen LogP contribution in [-0.2, 0) is 16.3 Å². The van der Waals surface area contributed by atoms with Gasteiger partial charge in [-0.15, -0.1) is 0 Å². The first kappa shape index (κ1) is 24.6. The number of rotatable bonds is 7. The number of sulfone groups is 1. The monoisotopic (exact) mass is 515 g/mol. The lowest BCUT2D eigenvalue weighted by Crippen LogP contribution is -2.11. The highest BCUT2D eigenvalue weighted by Gasteiger charge is 2.19. The predicted octanol–water partition coefficient (Wildman–Crippen LogP) is 5.85. The second-order valence-corrected chi connectivity index (χ2v) is 11.0. The largest absolute Gasteiger partial charge is 0.481 e. The van der Waals surface area contributed by atoms with E-state index in [1.165, 1.54) is 18.4 Å². The molecule has 0 aliphatic carbocycles. The molecule has 0 N–H and O–H groups in total. The van der Waals surface area contributed by atoms with Crippen LogP contribution in [0.2, 0.25) is 0 Å². The lowest BCUT2D eigenvalue weighted by atomic mass is 10.1. The molecule has 0 aliphatic rings. The van der Waals surface area contributed by atoms with Gasteiger partial charge in [0.25, 0.3) is 0 Å². The third-order valence-corrected chi connectivity index (χ3v) is 7.62. The molecule has 8 heteroatoms. The van der Waals surface area contributed by atoms with Gasteiger partial charge in [-0.25, -0.2) is 22.8 Å². The Labute approximate surface area is 215 Å². The summed E-state index contributed by atoms with van der Waals surface area (Å²) in [5.41, 5.74) is 5.59. The molecule has 5 rings (SSSR count). The van der Waals surface area contributed by atoms with E-state index in [1.807, 2.05) is 36.4 Å². The van der Waals surface area contributed by atoms with Crippen LogP contribution in [0.4, 0.5) is 4.39 Å². The van der Waals surface area contributed by atoms with Gasteiger partial charge < -0.3 is 9.30 Å². The zero-order chi connectivity index (χ0) is 26.2. The average molecular weight is 516 g/mol. The van der Waals surface area contributed by atoms with Crippen molar-refractivity contribution in [1.82, 2.24) is 14.5 Å². The van der Waals surface area contributed by atoms with Crippen molar-refractivity contribution in [3.63, 3.8) is 0 Å². The highest BCUT2D eigenvalue weighted by molar-refractivity contribution is 7.90. The third kappa shape index (κ3) is 5.11. The summed E-state index contributed by atoms with van der Waals surface area (Å²) in [6.45, 7) is 2.06. The van der Waals surface area contributed by atoms with E-state index < -0.39 is 9.84 Å². The Hall–Kier alpha value is -4.04. The number of hydrogen-bond donors (Lipinski definition) is 0. The summed E-state index contributed by atoms with van der Waals surface area (Å²) in [6, 6.07) is 23.1. The Morgan fingerprint density at radius 3 is 2.27 bits per heavy atom. The third-order valence-electron chi connectivity index (χ3n) is 6.49. The molecule has 2 aromatic heterocycles. The van der Waals surface area contributed by atoms with Crippen molar-refractivity contribution in [2.24, 2.45) is 0 Å². The molecule has 0 bridgehead atoms. The van der Waals surface area contributed by atoms with Crippen molar-refractivity contribution in [1.29, 1.82) is 0 Å². The van der Waals surface area contributed by atoms with Gasteiger partial charge in [0.2, 0.25) is 5.88 Å². The highest BCUT2D eigenvalue weighted by atomic mass is 32.2. The summed E-state index contributed by atoms with van der Waals surface area (Å²) in [6.07, 6.45) is 3.47. The molecule has 6 nitrogen and oxygen atoms in total. The molecular formula is C29H26FN3O3S. The van der Waals surface area contributed by atoms with Crippen LogP contribution >= 0.6 is 0 Å². The van der Waals surface area contributed by atoms with Crippen molar-refractivity contribution < 1.29 is 17.5 Å². The molecule has 2 heterocycles. The number of halogens is 1. The maximum Gasteiger partial charge on any atom is 0.212 e. The zero-order valence-electron chi connectivity index (χ0n) is 20.7. The smallest absolute Gasteiger partial charge is 0.212 e. The van der Waals surface area contributed by atoms with Crippen molar-refractivity contribution in [3.8, 4) is 17.0 Å². The fourth-order valence-electron chi connectivity index (χ4n) is 4.48. The molecule has 0 saturated carbocycles. The number of ether oxygens (including phenoxy) is 1. The minimum absolute atomic E-state index is 0.125. The number of fused-ring (bicyclic) bond motifs is 1. The Balaban J connectivity index is 1.61. The highest BCUT2D eigenvalue weighted by Crippen LogP contribution is 2.31. The molecular weight excluding hydrogens is 489 g/mol. The van der Waals surface area contributed by atoms with Crippen LogP contribution in [0.25, 0.3) is 22.2 Å². The van der Waals surface area contributed by atoms with Crippen LogP contribution in [-0.4, -0.2) is 36.3 Å². The van der Waals surface area contributed by atoms with Gasteiger partial charge in [0.1, 0.15) is 11.6 Å². The van der Waals surface area contributed by atoms with Gasteiger partial charge in [0, 0.05) is 30.5 Å². The summed E-state index contributed by atoms with van der Waals surface area (Å²) in [5.74, 6) is 1.08. The molecule has 0 saturated heterocycles. The van der Waals surface area contributed by atoms with Crippen LogP contribution in [0.5, 0.6) is 5.88 Å². The van der Waals surface area contributed by atoms with E-state index in [-0.39, 0.29) is 16.8 Å². The van der Waals surface area contributed by atoms with E-state index in [9.17, 15) is 12.8 Å². The first-order valence-electron chi connectivity index (χ1n) is 11.8. The van der Waals surface area contributed by atoms with Crippen LogP contribution < -0.4 is 4.74 Å². The Kier molecular flexibility index (Phi) is 6.52. The number of pyridine rings is 1. The molecule has 0 unspecified atom stereocenters. The summed E-state index contributed by atoms with van der Waals surface area (Å²) >= 11 is 0. The SMILES string of the molecule is COc1ccc(-c2ccc3nc(Cc4ccc(S(C)(=O)=O)cc4)n([C@@H](C)c4ccc(F)cc4)c3c2)cn1. The van der Waals surface area contributed by atoms with Gasteiger partial charge in [-0.1, -0.05) is 30.3 Å². The number of methoxy groups -OCH3 is 1. The number of nitrogens with zero attached hydrogens (tertiary/aromatic N) is 3. The molecule has 1 atom stereocenters. The number of benzene rings is 3. The molecule has 0 amide bonds. The Bertz CT molecular complexity index is 1660. The Morgan fingerprint density at radius 1 is 0.946 bits per heavy atom. The predicted molar refractivity (Wildman–Crippen MR) is 142 cm³/mol. The zero-order valence-corrected chi connectivity index (χ0v) is 21.5. The molecule has 0 fully saturated rings. The first-order chi connectivity index (χ1) is 17.7. The van der Waals surface area contributed by atoms with Crippen molar-refractivity contribution >= 4 is 20.9 Å². The standard InChI is InChI=1S/C29H26FN3O3S/c1-19(21-6-10-24(30)11-7-21)33-27-17-22(23-9-15-29(36-2)31-18-23)8-14-26(27)32-28(33)16-20-4-12-25(13-5-20)37(3,34)35/h4-15,17-19H,16H2,1-3H3/t19-/m0/s1. The van der Waals surface area contributed by atoms with Crippen LogP contribution in [0.15, 0.2) is 90.0 Å². The molecule has 0 aliphatic heterocycles. The fourth-order valence-corrected chi connectivity index (χ4v) is 5.11. The van der Waals surface area contributed by atoms with Crippen LogP contribution in [0.3, 0.4) is 0 Å². The minimum atomic E-state index is -3.27. The maximum absolute atomic E-state index is 13.6. The summed E-state index contributed by atoms with van der Waals surface area (Å²) in [5, 5.41) is 0. The quantitative estimate of drug-likeness (QED) is 0.272. The topological polar surface area (TPSA) is 74.1 Å². The number of imidazole rings is 1. The van der Waals surface area contributed by atoms with Crippen LogP contribution in [0.1, 0.15) is 29.9 Å². The van der Waals surface area contributed by atoms with E-state index in [0.29, 0.717) is 12.3 Å². The first-order valence-corrected chi connectivity index (χ1v) is 13.7. The van der Waals surface area contributed by atoms with Crippen molar-refractivity contribution in [2.75, 3.05) is 13.4 Å². The molecule has 37 heavy (non-hydrogen) atoms. The van der Waals surface area contributed by atoms with E-state index in [2.05, 4.69) is 22.5 Å². The average Bonchev–Trinajstić information content (AvgIpc) is 3.25. The van der Waals surface area contributed by atoms with E-state index >= 15 is 0 Å². The van der Waals surface area contributed by atoms with Gasteiger partial charge in [-0.2, -0.15) is 0 Å². The van der Waals surface area contributed by atoms with Gasteiger partial charge in [-0.3, -0.25) is 0 Å². The van der Waals surface area contributed by atoms with Gasteiger partial charge >= 0.3 is 0 Å². The maximum atomic E-state index is 13.6. The number of aromatic nitrogens is 3. The van der Waals surface area contributed by atoms with E-state index in [4.69, 9.17) is 9.72 Å². The molecule has 0 spiro atoms. The second-order valence-electron chi connectivity index (χ2n) is 9.01. The summed E-state index contributed by atoms with van der Waals surface area (Å²) < 4.78 is 44.7. The van der Waals surface area contributed by atoms with E-state index in [1.54, 1.807) is 37.6 Å². The second kappa shape index (κ2) is 9.78. The summed E-state index contributed by atoms with van der Waals surface area (Å²) in [7, 11) is -1.69. The fraction of sp³-hybridized carbons (Fsp3) is 0.172. The number of hydrogen-bond acceptors (Lipinski definition) is 5. The lowest BCUT2D eigenvalue weighted by molar-refractivity contribution is 0.398. The molecule has 0 radical (unpaired) electrons. The van der Waals surface area contributed by atoms with Crippen molar-refractivity contribution in [2.45, 2.75) is 24.3 Å². The molecule has 3 aromatic carbocycles. The van der Waals surface area contributed by atoms with Gasteiger partial charge in [0.05, 0.1) is 29.1 Å². The lowest BCUT2D eigenvalue weighted by Gasteiger charge is -2.19. The van der Waals surface area contributed by atoms with E-state index in [0.717, 1.165) is 39.1 Å². The van der Waals surface area contributed by atoms with Crippen LogP contribution in [0, 0.1) is 5.82 Å². The normalized spacial score (nSPS) is 12.5. The van der Waals surface area contributed by atoms with Gasteiger partial charge in [-0.05, 0) is 66.1 Å².